The standard InChI is InChI=1S/C23H27N2O5P/c1-2-12-31(27,28)30-29-18-10-11-21-19(13-18)20(14-22(24)26)23(17-8-9-17)25(21)15-16-6-4-3-5-7-16/h3-7,10-11,13,17H,2,8-9,12,14-15H2,1H3,(H2,24,26)(H,27,28). The van der Waals surface area contributed by atoms with Crippen molar-refractivity contribution in [2.24, 2.45) is 5.73 Å². The van der Waals surface area contributed by atoms with Crippen molar-refractivity contribution in [3.8, 4) is 5.75 Å². The largest absolute Gasteiger partial charge is 0.369 e. The average molecular weight is 442 g/mol. The predicted octanol–water partition coefficient (Wildman–Crippen LogP) is 4.50. The Balaban J connectivity index is 1.76. The van der Waals surface area contributed by atoms with E-state index in [-0.39, 0.29) is 12.6 Å². The maximum atomic E-state index is 12.0. The first-order valence-corrected chi connectivity index (χ1v) is 12.3. The van der Waals surface area contributed by atoms with Gasteiger partial charge in [0.15, 0.2) is 5.75 Å². The fraction of sp³-hybridized carbons (Fsp3) is 0.348. The molecule has 164 valence electrons. The van der Waals surface area contributed by atoms with Gasteiger partial charge in [-0.1, -0.05) is 41.9 Å². The maximum absolute atomic E-state index is 12.0. The molecule has 4 rings (SSSR count). The second-order valence-corrected chi connectivity index (χ2v) is 9.92. The Kier molecular flexibility index (Phi) is 6.19. The maximum Gasteiger partial charge on any atom is 0.366 e. The van der Waals surface area contributed by atoms with Crippen LogP contribution in [0, 0.1) is 0 Å². The zero-order chi connectivity index (χ0) is 22.0. The molecule has 1 saturated carbocycles. The van der Waals surface area contributed by atoms with Gasteiger partial charge in [0.1, 0.15) is 0 Å². The quantitative estimate of drug-likeness (QED) is 0.273. The third-order valence-electron chi connectivity index (χ3n) is 5.44. The number of nitrogens with two attached hydrogens (primary N) is 1. The van der Waals surface area contributed by atoms with Gasteiger partial charge in [-0.25, -0.2) is 0 Å². The van der Waals surface area contributed by atoms with Crippen molar-refractivity contribution in [2.45, 2.75) is 45.1 Å². The van der Waals surface area contributed by atoms with E-state index in [9.17, 15) is 14.3 Å². The number of primary amides is 1. The van der Waals surface area contributed by atoms with Gasteiger partial charge < -0.3 is 20.1 Å². The average Bonchev–Trinajstić information content (AvgIpc) is 3.52. The minimum Gasteiger partial charge on any atom is -0.369 e. The van der Waals surface area contributed by atoms with Crippen molar-refractivity contribution >= 4 is 24.4 Å². The molecule has 2 aromatic carbocycles. The van der Waals surface area contributed by atoms with Crippen LogP contribution in [0.1, 0.15) is 48.9 Å². The van der Waals surface area contributed by atoms with Gasteiger partial charge in [-0.05, 0) is 54.5 Å². The predicted molar refractivity (Wildman–Crippen MR) is 119 cm³/mol. The summed E-state index contributed by atoms with van der Waals surface area (Å²) in [7, 11) is -3.81. The van der Waals surface area contributed by atoms with Crippen molar-refractivity contribution < 1.29 is 23.8 Å². The second-order valence-electron chi connectivity index (χ2n) is 8.05. The monoisotopic (exact) mass is 442 g/mol. The highest BCUT2D eigenvalue weighted by atomic mass is 31.2. The third-order valence-corrected chi connectivity index (χ3v) is 6.76. The molecular formula is C23H27N2O5P. The summed E-state index contributed by atoms with van der Waals surface area (Å²) < 4.78 is 19.0. The van der Waals surface area contributed by atoms with Gasteiger partial charge >= 0.3 is 7.60 Å². The molecule has 1 aromatic heterocycles. The lowest BCUT2D eigenvalue weighted by atomic mass is 10.0. The summed E-state index contributed by atoms with van der Waals surface area (Å²) in [5, 5.41) is 0.848. The van der Waals surface area contributed by atoms with E-state index >= 15 is 0 Å². The number of nitrogens with zero attached hydrogens (tertiary/aromatic N) is 1. The number of hydrogen-bond acceptors (Lipinski definition) is 4. The lowest BCUT2D eigenvalue weighted by Gasteiger charge is -2.12. The summed E-state index contributed by atoms with van der Waals surface area (Å²) >= 11 is 0. The van der Waals surface area contributed by atoms with Crippen LogP contribution in [0.15, 0.2) is 48.5 Å². The molecule has 1 fully saturated rings. The van der Waals surface area contributed by atoms with Crippen molar-refractivity contribution in [3.63, 3.8) is 0 Å². The number of fused-ring (bicyclic) bond motifs is 1. The van der Waals surface area contributed by atoms with E-state index in [2.05, 4.69) is 16.7 Å². The zero-order valence-corrected chi connectivity index (χ0v) is 18.4. The fourth-order valence-corrected chi connectivity index (χ4v) is 4.86. The molecule has 31 heavy (non-hydrogen) atoms. The molecule has 0 aliphatic heterocycles. The van der Waals surface area contributed by atoms with Gasteiger partial charge in [0.2, 0.25) is 5.91 Å². The Morgan fingerprint density at radius 3 is 2.61 bits per heavy atom. The highest BCUT2D eigenvalue weighted by Crippen LogP contribution is 2.46. The number of benzene rings is 2. The van der Waals surface area contributed by atoms with Crippen molar-refractivity contribution in [1.29, 1.82) is 0 Å². The lowest BCUT2D eigenvalue weighted by molar-refractivity contribution is -0.117. The van der Waals surface area contributed by atoms with Crippen LogP contribution >= 0.6 is 7.60 Å². The van der Waals surface area contributed by atoms with E-state index in [0.29, 0.717) is 24.6 Å². The Hall–Kier alpha value is -2.60. The van der Waals surface area contributed by atoms with Gasteiger partial charge in [0.05, 0.1) is 12.6 Å². The van der Waals surface area contributed by atoms with Crippen LogP contribution in [0.5, 0.6) is 5.75 Å². The Morgan fingerprint density at radius 1 is 1.23 bits per heavy atom. The third kappa shape index (κ3) is 5.01. The van der Waals surface area contributed by atoms with Crippen LogP contribution in [-0.4, -0.2) is 21.5 Å². The lowest BCUT2D eigenvalue weighted by Crippen LogP contribution is -2.15. The van der Waals surface area contributed by atoms with Crippen LogP contribution in [0.4, 0.5) is 0 Å². The molecule has 0 radical (unpaired) electrons. The van der Waals surface area contributed by atoms with Crippen LogP contribution < -0.4 is 10.6 Å². The SMILES string of the molecule is CCCP(=O)(O)OOc1ccc2c(c1)c(CC(N)=O)c(C1CC1)n2Cc1ccccc1. The topological polar surface area (TPSA) is 104 Å². The van der Waals surface area contributed by atoms with E-state index in [1.54, 1.807) is 19.1 Å². The highest BCUT2D eigenvalue weighted by Gasteiger charge is 2.32. The number of carbonyl (C=O) groups is 1. The molecule has 1 aliphatic rings. The van der Waals surface area contributed by atoms with E-state index in [0.717, 1.165) is 40.6 Å². The van der Waals surface area contributed by atoms with Crippen molar-refractivity contribution in [1.82, 2.24) is 4.57 Å². The normalized spacial score (nSPS) is 15.7. The van der Waals surface area contributed by atoms with Crippen LogP contribution in [-0.2, 0) is 27.0 Å². The first-order valence-electron chi connectivity index (χ1n) is 10.5. The van der Waals surface area contributed by atoms with Gasteiger partial charge in [-0.15, -0.1) is 0 Å². The van der Waals surface area contributed by atoms with Gasteiger partial charge in [-0.2, -0.15) is 0 Å². The Morgan fingerprint density at radius 2 is 1.97 bits per heavy atom. The van der Waals surface area contributed by atoms with Crippen molar-refractivity contribution in [2.75, 3.05) is 6.16 Å². The van der Waals surface area contributed by atoms with Crippen LogP contribution in [0.25, 0.3) is 10.9 Å². The number of carbonyl (C=O) groups excluding carboxylic acids is 1. The van der Waals surface area contributed by atoms with E-state index in [1.807, 2.05) is 24.3 Å². The molecule has 7 nitrogen and oxygen atoms in total. The number of aromatic nitrogens is 1. The molecule has 1 unspecified atom stereocenters. The summed E-state index contributed by atoms with van der Waals surface area (Å²) in [5.74, 6) is 0.308. The molecule has 8 heteroatoms. The fourth-order valence-electron chi connectivity index (χ4n) is 4.02. The Bertz CT molecular complexity index is 1140. The summed E-state index contributed by atoms with van der Waals surface area (Å²) in [6, 6.07) is 15.5. The smallest absolute Gasteiger partial charge is 0.366 e. The summed E-state index contributed by atoms with van der Waals surface area (Å²) in [5.41, 5.74) is 9.74. The summed E-state index contributed by atoms with van der Waals surface area (Å²) in [4.78, 5) is 26.9. The molecule has 1 heterocycles. The number of hydrogen-bond donors (Lipinski definition) is 2. The van der Waals surface area contributed by atoms with Crippen molar-refractivity contribution in [3.05, 3.63) is 65.4 Å². The van der Waals surface area contributed by atoms with Gasteiger partial charge in [0, 0.05) is 23.1 Å². The van der Waals surface area contributed by atoms with Gasteiger partial charge in [-0.3, -0.25) is 9.36 Å². The molecule has 3 N–H and O–H groups in total. The molecule has 1 amide bonds. The first-order chi connectivity index (χ1) is 14.9. The second kappa shape index (κ2) is 8.87. The van der Waals surface area contributed by atoms with E-state index < -0.39 is 13.5 Å². The number of rotatable bonds is 10. The molecule has 3 aromatic rings. The molecule has 0 spiro atoms. The minimum absolute atomic E-state index is 0.0153. The van der Waals surface area contributed by atoms with Crippen LogP contribution in [0.3, 0.4) is 0 Å². The summed E-state index contributed by atoms with van der Waals surface area (Å²) in [6.45, 7) is 2.48. The minimum atomic E-state index is -3.81. The summed E-state index contributed by atoms with van der Waals surface area (Å²) in [6.07, 6.45) is 2.80. The highest BCUT2D eigenvalue weighted by molar-refractivity contribution is 7.52. The molecular weight excluding hydrogens is 415 g/mol. The van der Waals surface area contributed by atoms with Crippen LogP contribution in [0.2, 0.25) is 0 Å². The van der Waals surface area contributed by atoms with E-state index in [1.165, 1.54) is 0 Å². The number of amides is 1. The first kappa shape index (κ1) is 21.6. The molecule has 1 aliphatic carbocycles. The molecule has 1 atom stereocenters. The van der Waals surface area contributed by atoms with E-state index in [4.69, 9.17) is 15.3 Å². The zero-order valence-electron chi connectivity index (χ0n) is 17.5. The molecule has 0 bridgehead atoms. The van der Waals surface area contributed by atoms with Gasteiger partial charge in [0.25, 0.3) is 0 Å². The Labute approximate surface area is 181 Å². The molecule has 0 saturated heterocycles.